The van der Waals surface area contributed by atoms with Gasteiger partial charge in [0.1, 0.15) is 5.56 Å². The van der Waals surface area contributed by atoms with E-state index in [-0.39, 0.29) is 11.0 Å². The molecule has 17 heavy (non-hydrogen) atoms. The molecule has 0 radical (unpaired) electrons. The fourth-order valence-corrected chi connectivity index (χ4v) is 2.45. The summed E-state index contributed by atoms with van der Waals surface area (Å²) in [5, 5.41) is 8.98. The van der Waals surface area contributed by atoms with Crippen molar-refractivity contribution in [1.82, 2.24) is 4.57 Å². The largest absolute Gasteiger partial charge is 0.477 e. The van der Waals surface area contributed by atoms with Gasteiger partial charge in [-0.3, -0.25) is 4.79 Å². The van der Waals surface area contributed by atoms with Crippen LogP contribution in [0.4, 0.5) is 0 Å². The lowest BCUT2D eigenvalue weighted by molar-refractivity contribution is 0.0694. The Hall–Kier alpha value is -1.58. The number of nitrogens with zero attached hydrogens (tertiary/aromatic N) is 1. The second-order valence-corrected chi connectivity index (χ2v) is 5.54. The molecule has 0 bridgehead atoms. The lowest BCUT2D eigenvalue weighted by atomic mass is 9.76. The molecule has 1 aliphatic carbocycles. The summed E-state index contributed by atoms with van der Waals surface area (Å²) in [5.41, 5.74) is 1.64. The van der Waals surface area contributed by atoms with Crippen LogP contribution in [0.3, 0.4) is 0 Å². The van der Waals surface area contributed by atoms with Crippen LogP contribution in [0.5, 0.6) is 0 Å². The zero-order valence-corrected chi connectivity index (χ0v) is 10.4. The molecule has 1 aliphatic rings. The van der Waals surface area contributed by atoms with Crippen molar-refractivity contribution in [1.29, 1.82) is 0 Å². The van der Waals surface area contributed by atoms with Crippen molar-refractivity contribution >= 4 is 5.97 Å². The second kappa shape index (κ2) is 3.72. The average Bonchev–Trinajstić information content (AvgIpc) is 2.23. The van der Waals surface area contributed by atoms with Crippen molar-refractivity contribution in [3.63, 3.8) is 0 Å². The summed E-state index contributed by atoms with van der Waals surface area (Å²) < 4.78 is 1.50. The molecule has 0 fully saturated rings. The second-order valence-electron chi connectivity index (χ2n) is 5.54. The number of aromatic carboxylic acids is 1. The number of aryl methyl sites for hydroxylation is 1. The van der Waals surface area contributed by atoms with E-state index in [2.05, 4.69) is 13.8 Å². The predicted octanol–water partition coefficient (Wildman–Crippen LogP) is 1.60. The maximum Gasteiger partial charge on any atom is 0.341 e. The first-order valence-corrected chi connectivity index (χ1v) is 5.77. The van der Waals surface area contributed by atoms with Crippen molar-refractivity contribution in [2.75, 3.05) is 0 Å². The van der Waals surface area contributed by atoms with Crippen LogP contribution in [0, 0.1) is 5.41 Å². The molecule has 2 rings (SSSR count). The van der Waals surface area contributed by atoms with Crippen LogP contribution in [-0.2, 0) is 19.9 Å². The molecule has 1 aromatic heterocycles. The topological polar surface area (TPSA) is 59.3 Å². The summed E-state index contributed by atoms with van der Waals surface area (Å²) in [6, 6.07) is 1.55. The maximum absolute atomic E-state index is 11.9. The van der Waals surface area contributed by atoms with Gasteiger partial charge in [-0.2, -0.15) is 0 Å². The molecule has 0 spiro atoms. The fourth-order valence-electron chi connectivity index (χ4n) is 2.45. The number of hydrogen-bond donors (Lipinski definition) is 1. The summed E-state index contributed by atoms with van der Waals surface area (Å²) in [6.07, 6.45) is 2.70. The molecule has 0 aliphatic heterocycles. The van der Waals surface area contributed by atoms with Gasteiger partial charge in [-0.05, 0) is 36.3 Å². The Balaban J connectivity index is 2.63. The monoisotopic (exact) mass is 235 g/mol. The van der Waals surface area contributed by atoms with Gasteiger partial charge in [-0.15, -0.1) is 0 Å². The molecule has 4 heteroatoms. The number of aromatic nitrogens is 1. The molecule has 0 unspecified atom stereocenters. The van der Waals surface area contributed by atoms with E-state index in [4.69, 9.17) is 5.11 Å². The van der Waals surface area contributed by atoms with Crippen molar-refractivity contribution in [2.24, 2.45) is 12.5 Å². The number of carboxylic acids is 1. The van der Waals surface area contributed by atoms with Crippen LogP contribution >= 0.6 is 0 Å². The maximum atomic E-state index is 11.9. The van der Waals surface area contributed by atoms with Crippen LogP contribution in [0.15, 0.2) is 10.9 Å². The van der Waals surface area contributed by atoms with Gasteiger partial charge in [0.05, 0.1) is 0 Å². The smallest absolute Gasteiger partial charge is 0.341 e. The highest BCUT2D eigenvalue weighted by atomic mass is 16.4. The minimum atomic E-state index is -1.14. The van der Waals surface area contributed by atoms with Crippen LogP contribution in [0.2, 0.25) is 0 Å². The number of carbonyl (C=O) groups is 1. The van der Waals surface area contributed by atoms with Crippen LogP contribution in [-0.4, -0.2) is 15.6 Å². The van der Waals surface area contributed by atoms with Crippen molar-refractivity contribution < 1.29 is 9.90 Å². The molecule has 0 saturated heterocycles. The van der Waals surface area contributed by atoms with Gasteiger partial charge < -0.3 is 9.67 Å². The number of rotatable bonds is 1. The van der Waals surface area contributed by atoms with E-state index in [1.807, 2.05) is 0 Å². The Bertz CT molecular complexity index is 540. The molecular formula is C13H17NO3. The van der Waals surface area contributed by atoms with Crippen LogP contribution < -0.4 is 5.56 Å². The fraction of sp³-hybridized carbons (Fsp3) is 0.538. The van der Waals surface area contributed by atoms with Gasteiger partial charge in [0.15, 0.2) is 0 Å². The standard InChI is InChI=1S/C13H17NO3/c1-13(2)5-4-8-6-9(12(16)17)11(15)14(3)10(8)7-13/h6H,4-5,7H2,1-3H3,(H,16,17). The predicted molar refractivity (Wildman–Crippen MR) is 64.4 cm³/mol. The lowest BCUT2D eigenvalue weighted by Gasteiger charge is -2.32. The van der Waals surface area contributed by atoms with E-state index >= 15 is 0 Å². The van der Waals surface area contributed by atoms with Crippen molar-refractivity contribution in [3.8, 4) is 0 Å². The van der Waals surface area contributed by atoms with Crippen molar-refractivity contribution in [2.45, 2.75) is 33.1 Å². The summed E-state index contributed by atoms with van der Waals surface area (Å²) in [5.74, 6) is -1.14. The molecule has 4 nitrogen and oxygen atoms in total. The average molecular weight is 235 g/mol. The Morgan fingerprint density at radius 3 is 2.71 bits per heavy atom. The summed E-state index contributed by atoms with van der Waals surface area (Å²) >= 11 is 0. The van der Waals surface area contributed by atoms with E-state index in [1.165, 1.54) is 4.57 Å². The van der Waals surface area contributed by atoms with Crippen LogP contribution in [0.1, 0.15) is 41.9 Å². The van der Waals surface area contributed by atoms with E-state index < -0.39 is 11.5 Å². The van der Waals surface area contributed by atoms with E-state index in [0.717, 1.165) is 30.5 Å². The van der Waals surface area contributed by atoms with E-state index in [1.54, 1.807) is 13.1 Å². The summed E-state index contributed by atoms with van der Waals surface area (Å²) in [4.78, 5) is 22.8. The zero-order valence-electron chi connectivity index (χ0n) is 10.4. The molecular weight excluding hydrogens is 218 g/mol. The third kappa shape index (κ3) is 1.99. The molecule has 0 atom stereocenters. The molecule has 0 aromatic carbocycles. The normalized spacial score (nSPS) is 17.6. The first-order chi connectivity index (χ1) is 7.82. The highest BCUT2D eigenvalue weighted by molar-refractivity contribution is 5.87. The number of pyridine rings is 1. The quantitative estimate of drug-likeness (QED) is 0.804. The van der Waals surface area contributed by atoms with Gasteiger partial charge >= 0.3 is 5.97 Å². The highest BCUT2D eigenvalue weighted by Gasteiger charge is 2.28. The lowest BCUT2D eigenvalue weighted by Crippen LogP contribution is -2.33. The molecule has 1 N–H and O–H groups in total. The Morgan fingerprint density at radius 1 is 1.47 bits per heavy atom. The van der Waals surface area contributed by atoms with Gasteiger partial charge in [0, 0.05) is 12.7 Å². The Kier molecular flexibility index (Phi) is 2.60. The van der Waals surface area contributed by atoms with Gasteiger partial charge in [-0.1, -0.05) is 13.8 Å². The third-order valence-corrected chi connectivity index (χ3v) is 3.58. The first kappa shape index (κ1) is 11.9. The minimum Gasteiger partial charge on any atom is -0.477 e. The summed E-state index contributed by atoms with van der Waals surface area (Å²) in [7, 11) is 1.66. The molecule has 1 heterocycles. The van der Waals surface area contributed by atoms with Gasteiger partial charge in [0.2, 0.25) is 0 Å². The Labute approximate surface area is 99.9 Å². The highest BCUT2D eigenvalue weighted by Crippen LogP contribution is 2.33. The van der Waals surface area contributed by atoms with Gasteiger partial charge in [-0.25, -0.2) is 4.79 Å². The van der Waals surface area contributed by atoms with Crippen molar-refractivity contribution in [3.05, 3.63) is 33.2 Å². The SMILES string of the molecule is Cn1c2c(cc(C(=O)O)c1=O)CCC(C)(C)C2. The van der Waals surface area contributed by atoms with Gasteiger partial charge in [0.25, 0.3) is 5.56 Å². The first-order valence-electron chi connectivity index (χ1n) is 5.77. The molecule has 0 saturated carbocycles. The summed E-state index contributed by atoms with van der Waals surface area (Å²) in [6.45, 7) is 4.34. The number of hydrogen-bond acceptors (Lipinski definition) is 2. The minimum absolute atomic E-state index is 0.119. The zero-order chi connectivity index (χ0) is 12.8. The molecule has 0 amide bonds. The molecule has 1 aromatic rings. The van der Waals surface area contributed by atoms with E-state index in [9.17, 15) is 9.59 Å². The third-order valence-electron chi connectivity index (χ3n) is 3.58. The van der Waals surface area contributed by atoms with Crippen LogP contribution in [0.25, 0.3) is 0 Å². The molecule has 92 valence electrons. The number of carboxylic acid groups (broad SMARTS) is 1. The van der Waals surface area contributed by atoms with E-state index in [0.29, 0.717) is 0 Å². The Morgan fingerprint density at radius 2 is 2.12 bits per heavy atom. The number of fused-ring (bicyclic) bond motifs is 1.